The van der Waals surface area contributed by atoms with E-state index in [0.717, 1.165) is 12.8 Å². The van der Waals surface area contributed by atoms with Gasteiger partial charge in [-0.05, 0) is 49.2 Å². The molecular weight excluding hydrogens is 428 g/mol. The topological polar surface area (TPSA) is 105 Å². The first-order valence-corrected chi connectivity index (χ1v) is 11.2. The van der Waals surface area contributed by atoms with Gasteiger partial charge >= 0.3 is 0 Å². The molecule has 0 saturated carbocycles. The molecule has 0 spiro atoms. The molecule has 0 bridgehead atoms. The smallest absolute Gasteiger partial charge is 0.251 e. The summed E-state index contributed by atoms with van der Waals surface area (Å²) in [6.07, 6.45) is 1.74. The van der Waals surface area contributed by atoms with E-state index in [0.29, 0.717) is 35.1 Å². The Hall–Kier alpha value is -2.75. The molecule has 2 aromatic carbocycles. The Kier molecular flexibility index (Phi) is 5.85. The zero-order valence-corrected chi connectivity index (χ0v) is 17.5. The number of hydrogen-bond donors (Lipinski definition) is 1. The number of nitrogens with one attached hydrogen (secondary N) is 1. The van der Waals surface area contributed by atoms with Crippen LogP contribution in [0.1, 0.15) is 29.1 Å². The molecule has 0 radical (unpaired) electrons. The number of carbonyl (C=O) groups is 1. The van der Waals surface area contributed by atoms with Crippen molar-refractivity contribution < 1.29 is 17.7 Å². The number of aromatic nitrogens is 2. The summed E-state index contributed by atoms with van der Waals surface area (Å²) >= 11 is 5.96. The van der Waals surface area contributed by atoms with Gasteiger partial charge in [0.2, 0.25) is 21.7 Å². The van der Waals surface area contributed by atoms with E-state index in [1.54, 1.807) is 24.3 Å². The lowest BCUT2D eigenvalue weighted by atomic mass is 10.2. The lowest BCUT2D eigenvalue weighted by Gasteiger charge is -2.15. The molecule has 4 rings (SSSR count). The molecule has 0 unspecified atom stereocenters. The summed E-state index contributed by atoms with van der Waals surface area (Å²) in [5.74, 6) is 0.243. The first kappa shape index (κ1) is 20.5. The van der Waals surface area contributed by atoms with Gasteiger partial charge in [0.15, 0.2) is 0 Å². The SMILES string of the molecule is O=C(NCc1nc(-c2cccc(Cl)c2)no1)c1ccc(S(=O)(=O)N2CCCC2)cc1. The van der Waals surface area contributed by atoms with Crippen LogP contribution < -0.4 is 5.32 Å². The van der Waals surface area contributed by atoms with Crippen LogP contribution in [0.4, 0.5) is 0 Å². The van der Waals surface area contributed by atoms with Crippen molar-refractivity contribution in [2.45, 2.75) is 24.3 Å². The number of benzene rings is 2. The molecule has 1 amide bonds. The number of nitrogens with zero attached hydrogens (tertiary/aromatic N) is 3. The van der Waals surface area contributed by atoms with Gasteiger partial charge in [0, 0.05) is 29.2 Å². The number of halogens is 1. The van der Waals surface area contributed by atoms with Crippen LogP contribution in [0.15, 0.2) is 57.9 Å². The highest BCUT2D eigenvalue weighted by Crippen LogP contribution is 2.22. The maximum absolute atomic E-state index is 12.6. The van der Waals surface area contributed by atoms with Gasteiger partial charge in [-0.1, -0.05) is 28.9 Å². The molecule has 8 nitrogen and oxygen atoms in total. The van der Waals surface area contributed by atoms with Crippen LogP contribution in [-0.2, 0) is 16.6 Å². The van der Waals surface area contributed by atoms with E-state index in [4.69, 9.17) is 16.1 Å². The molecule has 1 aliphatic rings. The molecule has 1 saturated heterocycles. The lowest BCUT2D eigenvalue weighted by Crippen LogP contribution is -2.28. The summed E-state index contributed by atoms with van der Waals surface area (Å²) in [4.78, 5) is 16.8. The standard InChI is InChI=1S/C20H19ClN4O4S/c21-16-5-3-4-15(12-16)19-23-18(29-24-19)13-22-20(26)14-6-8-17(9-7-14)30(27,28)25-10-1-2-11-25/h3-9,12H,1-2,10-11,13H2,(H,22,26). The third-order valence-electron chi connectivity index (χ3n) is 4.77. The largest absolute Gasteiger partial charge is 0.343 e. The summed E-state index contributed by atoms with van der Waals surface area (Å²) < 4.78 is 31.7. The number of carbonyl (C=O) groups excluding carboxylic acids is 1. The second-order valence-corrected chi connectivity index (χ2v) is 9.21. The fourth-order valence-electron chi connectivity index (χ4n) is 3.19. The third-order valence-corrected chi connectivity index (χ3v) is 6.92. The Balaban J connectivity index is 1.39. The van der Waals surface area contributed by atoms with Crippen molar-refractivity contribution in [1.29, 1.82) is 0 Å². The summed E-state index contributed by atoms with van der Waals surface area (Å²) in [5.41, 5.74) is 1.04. The highest BCUT2D eigenvalue weighted by Gasteiger charge is 2.27. The zero-order valence-electron chi connectivity index (χ0n) is 15.9. The fourth-order valence-corrected chi connectivity index (χ4v) is 4.89. The first-order valence-electron chi connectivity index (χ1n) is 9.40. The van der Waals surface area contributed by atoms with Crippen LogP contribution in [0.2, 0.25) is 5.02 Å². The molecule has 10 heteroatoms. The van der Waals surface area contributed by atoms with Crippen LogP contribution >= 0.6 is 11.6 Å². The lowest BCUT2D eigenvalue weighted by molar-refractivity contribution is 0.0946. The second-order valence-electron chi connectivity index (χ2n) is 6.84. The van der Waals surface area contributed by atoms with E-state index < -0.39 is 10.0 Å². The van der Waals surface area contributed by atoms with E-state index in [2.05, 4.69) is 15.5 Å². The Bertz CT molecular complexity index is 1160. The van der Waals surface area contributed by atoms with Gasteiger partial charge in [-0.25, -0.2) is 8.42 Å². The van der Waals surface area contributed by atoms with Crippen molar-refractivity contribution in [1.82, 2.24) is 19.8 Å². The Morgan fingerprint density at radius 3 is 2.57 bits per heavy atom. The van der Waals surface area contributed by atoms with Crippen molar-refractivity contribution in [2.75, 3.05) is 13.1 Å². The molecule has 30 heavy (non-hydrogen) atoms. The summed E-state index contributed by atoms with van der Waals surface area (Å²) in [6, 6.07) is 12.9. The maximum Gasteiger partial charge on any atom is 0.251 e. The molecule has 1 N–H and O–H groups in total. The monoisotopic (exact) mass is 446 g/mol. The summed E-state index contributed by atoms with van der Waals surface area (Å²) in [5, 5.41) is 7.13. The van der Waals surface area contributed by atoms with Crippen LogP contribution in [0.25, 0.3) is 11.4 Å². The van der Waals surface area contributed by atoms with Crippen molar-refractivity contribution in [3.8, 4) is 11.4 Å². The quantitative estimate of drug-likeness (QED) is 0.623. The first-order chi connectivity index (χ1) is 14.4. The maximum atomic E-state index is 12.6. The highest BCUT2D eigenvalue weighted by molar-refractivity contribution is 7.89. The minimum Gasteiger partial charge on any atom is -0.343 e. The van der Waals surface area contributed by atoms with Crippen LogP contribution in [0.5, 0.6) is 0 Å². The van der Waals surface area contributed by atoms with Gasteiger partial charge in [-0.3, -0.25) is 4.79 Å². The molecule has 1 fully saturated rings. The molecular formula is C20H19ClN4O4S. The predicted molar refractivity (Wildman–Crippen MR) is 110 cm³/mol. The van der Waals surface area contributed by atoms with Gasteiger partial charge in [0.05, 0.1) is 11.4 Å². The van der Waals surface area contributed by atoms with Crippen LogP contribution in [-0.4, -0.2) is 41.9 Å². The van der Waals surface area contributed by atoms with E-state index in [1.807, 2.05) is 0 Å². The summed E-state index contributed by atoms with van der Waals surface area (Å²) in [7, 11) is -3.50. The number of sulfonamides is 1. The molecule has 2 heterocycles. The van der Waals surface area contributed by atoms with E-state index >= 15 is 0 Å². The van der Waals surface area contributed by atoms with Gasteiger partial charge in [-0.2, -0.15) is 9.29 Å². The zero-order chi connectivity index (χ0) is 21.1. The number of hydrogen-bond acceptors (Lipinski definition) is 6. The third kappa shape index (κ3) is 4.38. The Labute approximate surface area is 178 Å². The normalized spacial score (nSPS) is 14.7. The average molecular weight is 447 g/mol. The Morgan fingerprint density at radius 1 is 1.13 bits per heavy atom. The van der Waals surface area contributed by atoms with Gasteiger partial charge in [0.1, 0.15) is 0 Å². The van der Waals surface area contributed by atoms with Crippen molar-refractivity contribution in [3.05, 3.63) is 65.0 Å². The highest BCUT2D eigenvalue weighted by atomic mass is 35.5. The molecule has 156 valence electrons. The van der Waals surface area contributed by atoms with E-state index in [-0.39, 0.29) is 23.2 Å². The molecule has 1 aliphatic heterocycles. The van der Waals surface area contributed by atoms with Gasteiger partial charge < -0.3 is 9.84 Å². The van der Waals surface area contributed by atoms with Crippen LogP contribution in [0.3, 0.4) is 0 Å². The fraction of sp³-hybridized carbons (Fsp3) is 0.250. The number of rotatable bonds is 6. The molecule has 1 aromatic heterocycles. The molecule has 0 atom stereocenters. The predicted octanol–water partition coefficient (Wildman–Crippen LogP) is 3.10. The van der Waals surface area contributed by atoms with Gasteiger partial charge in [-0.15, -0.1) is 0 Å². The van der Waals surface area contributed by atoms with Crippen molar-refractivity contribution >= 4 is 27.5 Å². The molecule has 3 aromatic rings. The number of amides is 1. The van der Waals surface area contributed by atoms with Crippen molar-refractivity contribution in [2.24, 2.45) is 0 Å². The minimum absolute atomic E-state index is 0.0419. The van der Waals surface area contributed by atoms with Crippen LogP contribution in [0, 0.1) is 0 Å². The van der Waals surface area contributed by atoms with E-state index in [9.17, 15) is 13.2 Å². The van der Waals surface area contributed by atoms with Crippen molar-refractivity contribution in [3.63, 3.8) is 0 Å². The summed E-state index contributed by atoms with van der Waals surface area (Å²) in [6.45, 7) is 1.11. The minimum atomic E-state index is -3.50. The molecule has 0 aliphatic carbocycles. The average Bonchev–Trinajstić information content (AvgIpc) is 3.45. The Morgan fingerprint density at radius 2 is 1.87 bits per heavy atom. The second kappa shape index (κ2) is 8.55. The van der Waals surface area contributed by atoms with Gasteiger partial charge in [0.25, 0.3) is 5.91 Å². The van der Waals surface area contributed by atoms with E-state index in [1.165, 1.54) is 28.6 Å².